The molecule has 1 saturated heterocycles. The van der Waals surface area contributed by atoms with Crippen molar-refractivity contribution in [2.24, 2.45) is 13.0 Å². The summed E-state index contributed by atoms with van der Waals surface area (Å²) in [7, 11) is 4.35. The number of hydrogen-bond acceptors (Lipinski definition) is 2. The normalized spacial score (nSPS) is 22.9. The van der Waals surface area contributed by atoms with E-state index in [2.05, 4.69) is 63.8 Å². The molecule has 4 rings (SSSR count). The Morgan fingerprint density at radius 2 is 1.95 bits per heavy atom. The van der Waals surface area contributed by atoms with Crippen LogP contribution in [-0.4, -0.2) is 39.2 Å². The van der Waals surface area contributed by atoms with Gasteiger partial charge in [0.2, 0.25) is 0 Å². The van der Waals surface area contributed by atoms with Crippen molar-refractivity contribution in [2.75, 3.05) is 20.1 Å². The van der Waals surface area contributed by atoms with Gasteiger partial charge in [-0.3, -0.25) is 0 Å². The van der Waals surface area contributed by atoms with Gasteiger partial charge in [0.1, 0.15) is 5.82 Å². The summed E-state index contributed by atoms with van der Waals surface area (Å²) in [4.78, 5) is 7.12. The Morgan fingerprint density at radius 1 is 1.14 bits per heavy atom. The number of fused-ring (bicyclic) bond motifs is 2. The number of rotatable bonds is 1. The maximum absolute atomic E-state index is 4.69. The fourth-order valence-corrected chi connectivity index (χ4v) is 3.85. The van der Waals surface area contributed by atoms with Crippen molar-refractivity contribution in [1.82, 2.24) is 19.0 Å². The highest BCUT2D eigenvalue weighted by Gasteiger charge is 2.33. The third-order valence-corrected chi connectivity index (χ3v) is 5.09. The van der Waals surface area contributed by atoms with Crippen LogP contribution in [0.25, 0.3) is 12.3 Å². The Balaban J connectivity index is 1.80. The molecule has 4 nitrogen and oxygen atoms in total. The Kier molecular flexibility index (Phi) is 3.00. The van der Waals surface area contributed by atoms with Crippen LogP contribution in [-0.2, 0) is 7.05 Å². The van der Waals surface area contributed by atoms with Crippen molar-refractivity contribution in [3.05, 3.63) is 41.7 Å². The minimum atomic E-state index is 0.417. The number of imidazole rings is 1. The highest BCUT2D eigenvalue weighted by atomic mass is 15.1. The molecule has 0 amide bonds. The average molecular weight is 282 g/mol. The standard InChI is InChI=1S/C17H22N4/c1-19-8-3-13(4-9-19)16-14-5-10-20(2)15(14)6-11-21-12-7-18-17(16)21/h5-7,10-13,16H,3-4,8-9H2,1-2H3. The first-order valence-corrected chi connectivity index (χ1v) is 7.79. The van der Waals surface area contributed by atoms with Crippen LogP contribution < -0.4 is 0 Å². The van der Waals surface area contributed by atoms with Crippen LogP contribution in [0.2, 0.25) is 0 Å². The third-order valence-electron chi connectivity index (χ3n) is 5.09. The molecule has 2 aliphatic rings. The summed E-state index contributed by atoms with van der Waals surface area (Å²) in [5.74, 6) is 2.30. The van der Waals surface area contributed by atoms with E-state index >= 15 is 0 Å². The smallest absolute Gasteiger partial charge is 0.120 e. The maximum atomic E-state index is 4.69. The van der Waals surface area contributed by atoms with Gasteiger partial charge < -0.3 is 14.0 Å². The van der Waals surface area contributed by atoms with E-state index in [9.17, 15) is 0 Å². The Labute approximate surface area is 125 Å². The lowest BCUT2D eigenvalue weighted by Crippen LogP contribution is -2.33. The first-order chi connectivity index (χ1) is 10.2. The molecule has 1 unspecified atom stereocenters. The van der Waals surface area contributed by atoms with Crippen LogP contribution in [0, 0.1) is 5.92 Å². The van der Waals surface area contributed by atoms with Gasteiger partial charge in [-0.05, 0) is 56.6 Å². The average Bonchev–Trinajstić information content (AvgIpc) is 3.04. The van der Waals surface area contributed by atoms with Gasteiger partial charge in [-0.15, -0.1) is 0 Å². The second-order valence-corrected chi connectivity index (χ2v) is 6.39. The molecule has 0 bridgehead atoms. The van der Waals surface area contributed by atoms with Crippen molar-refractivity contribution in [3.8, 4) is 0 Å². The van der Waals surface area contributed by atoms with Crippen LogP contribution in [0.5, 0.6) is 0 Å². The summed E-state index contributed by atoms with van der Waals surface area (Å²) in [6, 6.07) is 2.28. The van der Waals surface area contributed by atoms with Crippen molar-refractivity contribution in [1.29, 1.82) is 0 Å². The maximum Gasteiger partial charge on any atom is 0.120 e. The summed E-state index contributed by atoms with van der Waals surface area (Å²) in [5, 5.41) is 0. The van der Waals surface area contributed by atoms with E-state index in [0.717, 1.165) is 0 Å². The number of aromatic nitrogens is 3. The Bertz CT molecular complexity index is 671. The summed E-state index contributed by atoms with van der Waals surface area (Å²) < 4.78 is 4.42. The number of nitrogens with zero attached hydrogens (tertiary/aromatic N) is 4. The Hall–Kier alpha value is -1.81. The highest BCUT2D eigenvalue weighted by molar-refractivity contribution is 5.65. The molecule has 0 spiro atoms. The summed E-state index contributed by atoms with van der Waals surface area (Å²) in [6.45, 7) is 2.38. The van der Waals surface area contributed by atoms with Crippen molar-refractivity contribution in [3.63, 3.8) is 0 Å². The molecule has 2 aliphatic heterocycles. The van der Waals surface area contributed by atoms with Gasteiger partial charge in [0.25, 0.3) is 0 Å². The minimum Gasteiger partial charge on any atom is -0.351 e. The summed E-state index contributed by atoms with van der Waals surface area (Å²) in [6.07, 6.45) is 13.0. The van der Waals surface area contributed by atoms with Crippen LogP contribution in [0.15, 0.2) is 24.7 Å². The summed E-state index contributed by atoms with van der Waals surface area (Å²) >= 11 is 0. The van der Waals surface area contributed by atoms with Gasteiger partial charge in [0, 0.05) is 43.4 Å². The molecule has 0 aromatic carbocycles. The molecule has 1 atom stereocenters. The van der Waals surface area contributed by atoms with E-state index in [-0.39, 0.29) is 0 Å². The quantitative estimate of drug-likeness (QED) is 0.803. The molecule has 2 aromatic rings. The van der Waals surface area contributed by atoms with E-state index < -0.39 is 0 Å². The number of hydrogen-bond donors (Lipinski definition) is 0. The van der Waals surface area contributed by atoms with Gasteiger partial charge in [-0.2, -0.15) is 0 Å². The lowest BCUT2D eigenvalue weighted by molar-refractivity contribution is 0.205. The molecule has 110 valence electrons. The zero-order valence-corrected chi connectivity index (χ0v) is 12.7. The van der Waals surface area contributed by atoms with Gasteiger partial charge >= 0.3 is 0 Å². The van der Waals surface area contributed by atoms with Crippen LogP contribution in [0.3, 0.4) is 0 Å². The predicted octanol–water partition coefficient (Wildman–Crippen LogP) is 2.64. The predicted molar refractivity (Wildman–Crippen MR) is 84.9 cm³/mol. The van der Waals surface area contributed by atoms with Crippen LogP contribution in [0.4, 0.5) is 0 Å². The molecule has 21 heavy (non-hydrogen) atoms. The Morgan fingerprint density at radius 3 is 2.76 bits per heavy atom. The van der Waals surface area contributed by atoms with Crippen LogP contribution in [0.1, 0.15) is 35.8 Å². The van der Waals surface area contributed by atoms with Gasteiger partial charge in [0.05, 0.1) is 0 Å². The van der Waals surface area contributed by atoms with Crippen LogP contribution >= 0.6 is 0 Å². The number of aryl methyl sites for hydroxylation is 1. The van der Waals surface area contributed by atoms with Crippen molar-refractivity contribution in [2.45, 2.75) is 18.8 Å². The van der Waals surface area contributed by atoms with Gasteiger partial charge in [-0.1, -0.05) is 0 Å². The zero-order valence-electron chi connectivity index (χ0n) is 12.7. The lowest BCUT2D eigenvalue weighted by atomic mass is 9.79. The monoisotopic (exact) mass is 282 g/mol. The largest absolute Gasteiger partial charge is 0.351 e. The first kappa shape index (κ1) is 12.9. The molecule has 4 heterocycles. The van der Waals surface area contributed by atoms with E-state index in [1.807, 2.05) is 6.20 Å². The lowest BCUT2D eigenvalue weighted by Gasteiger charge is -2.34. The highest BCUT2D eigenvalue weighted by Crippen LogP contribution is 2.40. The molecule has 0 saturated carbocycles. The zero-order chi connectivity index (χ0) is 14.4. The summed E-state index contributed by atoms with van der Waals surface area (Å²) in [5.41, 5.74) is 2.76. The molecule has 0 aliphatic carbocycles. The van der Waals surface area contributed by atoms with E-state index in [1.54, 1.807) is 0 Å². The molecular formula is C17H22N4. The van der Waals surface area contributed by atoms with E-state index in [1.165, 1.54) is 43.0 Å². The molecule has 0 N–H and O–H groups in total. The third kappa shape index (κ3) is 2.05. The van der Waals surface area contributed by atoms with Gasteiger partial charge in [0.15, 0.2) is 0 Å². The molecular weight excluding hydrogens is 260 g/mol. The fraction of sp³-hybridized carbons (Fsp3) is 0.471. The molecule has 1 fully saturated rings. The molecule has 4 heteroatoms. The van der Waals surface area contributed by atoms with E-state index in [4.69, 9.17) is 0 Å². The fourth-order valence-electron chi connectivity index (χ4n) is 3.85. The topological polar surface area (TPSA) is 26.0 Å². The number of likely N-dealkylation sites (tertiary alicyclic amines) is 1. The van der Waals surface area contributed by atoms with Gasteiger partial charge in [-0.25, -0.2) is 4.98 Å². The van der Waals surface area contributed by atoms with Crippen molar-refractivity contribution >= 4 is 12.3 Å². The van der Waals surface area contributed by atoms with E-state index in [0.29, 0.717) is 11.8 Å². The second-order valence-electron chi connectivity index (χ2n) is 6.39. The SMILES string of the molecule is CN1CCC(C2c3ccn(C)c3C=Cn3ccnc32)CC1. The minimum absolute atomic E-state index is 0.417. The first-order valence-electron chi connectivity index (χ1n) is 7.79. The van der Waals surface area contributed by atoms with Crippen molar-refractivity contribution < 1.29 is 0 Å². The second kappa shape index (κ2) is 4.88. The molecule has 2 aromatic heterocycles. The number of piperidine rings is 1. The molecule has 0 radical (unpaired) electrons.